The number of nitrogens with zero attached hydrogens (tertiary/aromatic N) is 2. The molecular formula is C33H33F2N3O3. The van der Waals surface area contributed by atoms with Gasteiger partial charge in [0.15, 0.2) is 0 Å². The number of esters is 1. The van der Waals surface area contributed by atoms with E-state index in [1.165, 1.54) is 5.56 Å². The minimum absolute atomic E-state index is 0.0889. The largest absolute Gasteiger partial charge is 0.466 e. The quantitative estimate of drug-likeness (QED) is 0.239. The summed E-state index contributed by atoms with van der Waals surface area (Å²) in [7, 11) is 0. The van der Waals surface area contributed by atoms with E-state index in [9.17, 15) is 18.4 Å². The van der Waals surface area contributed by atoms with E-state index < -0.39 is 23.1 Å². The zero-order valence-electron chi connectivity index (χ0n) is 23.0. The topological polar surface area (TPSA) is 72.7 Å². The zero-order chi connectivity index (χ0) is 28.6. The van der Waals surface area contributed by atoms with Crippen LogP contribution in [-0.4, -0.2) is 27.9 Å². The van der Waals surface area contributed by atoms with E-state index in [0.29, 0.717) is 43.4 Å². The van der Waals surface area contributed by atoms with Gasteiger partial charge in [0, 0.05) is 24.4 Å². The molecule has 0 bridgehead atoms. The van der Waals surface area contributed by atoms with E-state index in [-0.39, 0.29) is 17.2 Å². The molecule has 4 aromatic rings. The van der Waals surface area contributed by atoms with Crippen molar-refractivity contribution < 1.29 is 23.1 Å². The standard InChI is InChI=1S/C33H33F2N3O3/c1-2-41-31(39)17-21-3-5-22(6-4-21)23-7-9-24(10-8-23)25-11-14-30-36-29(20-38(30)19-25)32(40)37-33(15-16-33)27-18-26(34)12-13-28(27)35/h7-14,18-22H,2-6,15-17H2,1H3,(H,37,40). The summed E-state index contributed by atoms with van der Waals surface area (Å²) in [6.45, 7) is 2.28. The highest BCUT2D eigenvalue weighted by Gasteiger charge is 2.48. The lowest BCUT2D eigenvalue weighted by Crippen LogP contribution is -2.35. The molecule has 1 N–H and O–H groups in total. The van der Waals surface area contributed by atoms with E-state index in [1.807, 2.05) is 29.7 Å². The first-order chi connectivity index (χ1) is 19.8. The number of imidazole rings is 1. The molecule has 41 heavy (non-hydrogen) atoms. The Morgan fingerprint density at radius 1 is 0.976 bits per heavy atom. The average molecular weight is 558 g/mol. The first-order valence-corrected chi connectivity index (χ1v) is 14.4. The van der Waals surface area contributed by atoms with Gasteiger partial charge in [0.1, 0.15) is 23.0 Å². The van der Waals surface area contributed by atoms with Gasteiger partial charge in [-0.05, 0) is 104 Å². The number of aromatic nitrogens is 2. The molecule has 0 saturated heterocycles. The van der Waals surface area contributed by atoms with Gasteiger partial charge in [-0.3, -0.25) is 9.59 Å². The Morgan fingerprint density at radius 2 is 1.71 bits per heavy atom. The van der Waals surface area contributed by atoms with Gasteiger partial charge < -0.3 is 14.5 Å². The third-order valence-corrected chi connectivity index (χ3v) is 8.55. The Kier molecular flexibility index (Phi) is 7.32. The average Bonchev–Trinajstić information content (AvgIpc) is 3.62. The van der Waals surface area contributed by atoms with Crippen molar-refractivity contribution >= 4 is 17.5 Å². The monoisotopic (exact) mass is 557 g/mol. The molecule has 2 heterocycles. The molecule has 6 rings (SSSR count). The van der Waals surface area contributed by atoms with Gasteiger partial charge >= 0.3 is 5.97 Å². The first kappa shape index (κ1) is 27.1. The van der Waals surface area contributed by atoms with Crippen LogP contribution in [0.25, 0.3) is 16.8 Å². The molecular weight excluding hydrogens is 524 g/mol. The van der Waals surface area contributed by atoms with Gasteiger partial charge in [0.25, 0.3) is 5.91 Å². The van der Waals surface area contributed by atoms with Crippen LogP contribution in [0.4, 0.5) is 8.78 Å². The van der Waals surface area contributed by atoms with Crippen molar-refractivity contribution in [2.45, 2.75) is 63.3 Å². The molecule has 0 unspecified atom stereocenters. The normalized spacial score (nSPS) is 19.6. The van der Waals surface area contributed by atoms with Gasteiger partial charge in [-0.1, -0.05) is 24.3 Å². The maximum atomic E-state index is 14.4. The molecule has 0 atom stereocenters. The second-order valence-electron chi connectivity index (χ2n) is 11.3. The maximum Gasteiger partial charge on any atom is 0.306 e. The van der Waals surface area contributed by atoms with Crippen LogP contribution < -0.4 is 5.32 Å². The van der Waals surface area contributed by atoms with Crippen LogP contribution in [0, 0.1) is 17.6 Å². The number of pyridine rings is 1. The molecule has 0 radical (unpaired) electrons. The lowest BCUT2D eigenvalue weighted by Gasteiger charge is -2.28. The summed E-state index contributed by atoms with van der Waals surface area (Å²) < 4.78 is 35.1. The number of carbonyl (C=O) groups excluding carboxylic acids is 2. The molecule has 6 nitrogen and oxygen atoms in total. The van der Waals surface area contributed by atoms with Crippen LogP contribution >= 0.6 is 0 Å². The fraction of sp³-hybridized carbons (Fsp3) is 0.364. The van der Waals surface area contributed by atoms with Crippen molar-refractivity contribution in [2.75, 3.05) is 6.61 Å². The molecule has 2 aliphatic carbocycles. The predicted molar refractivity (Wildman–Crippen MR) is 151 cm³/mol. The second kappa shape index (κ2) is 11.1. The molecule has 0 aliphatic heterocycles. The number of rotatable bonds is 8. The Hall–Kier alpha value is -4.07. The van der Waals surface area contributed by atoms with Gasteiger partial charge in [0.2, 0.25) is 0 Å². The van der Waals surface area contributed by atoms with E-state index in [1.54, 1.807) is 6.20 Å². The summed E-state index contributed by atoms with van der Waals surface area (Å²) in [6.07, 6.45) is 9.43. The van der Waals surface area contributed by atoms with Crippen LogP contribution in [0.1, 0.15) is 79.4 Å². The summed E-state index contributed by atoms with van der Waals surface area (Å²) in [5.41, 5.74) is 3.49. The van der Waals surface area contributed by atoms with E-state index in [4.69, 9.17) is 4.74 Å². The van der Waals surface area contributed by atoms with Gasteiger partial charge in [0.05, 0.1) is 12.1 Å². The Bertz CT molecular complexity index is 1590. The number of ether oxygens (including phenoxy) is 1. The van der Waals surface area contributed by atoms with Crippen molar-refractivity contribution in [2.24, 2.45) is 5.92 Å². The molecule has 0 spiro atoms. The molecule has 2 aromatic heterocycles. The highest BCUT2D eigenvalue weighted by atomic mass is 19.1. The third-order valence-electron chi connectivity index (χ3n) is 8.55. The second-order valence-corrected chi connectivity index (χ2v) is 11.3. The van der Waals surface area contributed by atoms with Crippen LogP contribution in [-0.2, 0) is 15.1 Å². The van der Waals surface area contributed by atoms with E-state index in [2.05, 4.69) is 34.6 Å². The number of hydrogen-bond acceptors (Lipinski definition) is 4. The number of halogens is 2. The minimum Gasteiger partial charge on any atom is -0.466 e. The molecule has 2 fully saturated rings. The Morgan fingerprint density at radius 3 is 2.41 bits per heavy atom. The van der Waals surface area contributed by atoms with Crippen LogP contribution in [0.2, 0.25) is 0 Å². The van der Waals surface area contributed by atoms with Gasteiger partial charge in [-0.2, -0.15) is 0 Å². The maximum absolute atomic E-state index is 14.4. The summed E-state index contributed by atoms with van der Waals surface area (Å²) in [5.74, 6) is -0.664. The van der Waals surface area contributed by atoms with Crippen molar-refractivity contribution in [1.29, 1.82) is 0 Å². The minimum atomic E-state index is -0.897. The molecule has 2 saturated carbocycles. The number of amides is 1. The highest BCUT2D eigenvalue weighted by Crippen LogP contribution is 2.47. The zero-order valence-corrected chi connectivity index (χ0v) is 23.0. The predicted octanol–water partition coefficient (Wildman–Crippen LogP) is 6.93. The molecule has 212 valence electrons. The van der Waals surface area contributed by atoms with Crippen LogP contribution in [0.15, 0.2) is 67.0 Å². The SMILES string of the molecule is CCOC(=O)CC1CCC(c2ccc(-c3ccc4nc(C(=O)NC5(c6cc(F)ccc6F)CC5)cn4c3)cc2)CC1. The third kappa shape index (κ3) is 5.73. The Balaban J connectivity index is 1.12. The molecule has 2 aromatic carbocycles. The van der Waals surface area contributed by atoms with Crippen molar-refractivity contribution in [3.63, 3.8) is 0 Å². The van der Waals surface area contributed by atoms with E-state index in [0.717, 1.165) is 55.0 Å². The number of carbonyl (C=O) groups is 2. The molecule has 1 amide bonds. The van der Waals surface area contributed by atoms with Crippen molar-refractivity contribution in [1.82, 2.24) is 14.7 Å². The smallest absolute Gasteiger partial charge is 0.306 e. The number of fused-ring (bicyclic) bond motifs is 1. The lowest BCUT2D eigenvalue weighted by atomic mass is 9.77. The lowest BCUT2D eigenvalue weighted by molar-refractivity contribution is -0.144. The first-order valence-electron chi connectivity index (χ1n) is 14.4. The fourth-order valence-electron chi connectivity index (χ4n) is 6.11. The number of hydrogen-bond donors (Lipinski definition) is 1. The number of nitrogens with one attached hydrogen (secondary N) is 1. The summed E-state index contributed by atoms with van der Waals surface area (Å²) >= 11 is 0. The van der Waals surface area contributed by atoms with Crippen molar-refractivity contribution in [3.05, 3.63) is 95.4 Å². The molecule has 2 aliphatic rings. The summed E-state index contributed by atoms with van der Waals surface area (Å²) in [6, 6.07) is 15.8. The van der Waals surface area contributed by atoms with Crippen LogP contribution in [0.3, 0.4) is 0 Å². The van der Waals surface area contributed by atoms with Crippen molar-refractivity contribution in [3.8, 4) is 11.1 Å². The van der Waals surface area contributed by atoms with Crippen LogP contribution in [0.5, 0.6) is 0 Å². The summed E-state index contributed by atoms with van der Waals surface area (Å²) in [4.78, 5) is 29.3. The number of benzene rings is 2. The summed E-state index contributed by atoms with van der Waals surface area (Å²) in [5, 5.41) is 2.89. The fourth-order valence-corrected chi connectivity index (χ4v) is 6.11. The van der Waals surface area contributed by atoms with Gasteiger partial charge in [-0.15, -0.1) is 0 Å². The highest BCUT2D eigenvalue weighted by molar-refractivity contribution is 5.94. The molecule has 8 heteroatoms. The Labute approximate surface area is 237 Å². The van der Waals surface area contributed by atoms with E-state index >= 15 is 0 Å². The van der Waals surface area contributed by atoms with Gasteiger partial charge in [-0.25, -0.2) is 13.8 Å².